The topological polar surface area (TPSA) is 81.8 Å². The van der Waals surface area contributed by atoms with Gasteiger partial charge in [0, 0.05) is 57.6 Å². The predicted molar refractivity (Wildman–Crippen MR) is 118 cm³/mol. The van der Waals surface area contributed by atoms with Crippen LogP contribution in [0.25, 0.3) is 0 Å². The van der Waals surface area contributed by atoms with Crippen LogP contribution in [-0.2, 0) is 14.8 Å². The fourth-order valence-electron chi connectivity index (χ4n) is 5.07. The van der Waals surface area contributed by atoms with E-state index in [4.69, 9.17) is 0 Å². The molecule has 2 heterocycles. The van der Waals surface area contributed by atoms with Gasteiger partial charge in [-0.1, -0.05) is 30.3 Å². The molecular weight excluding hydrogens is 400 g/mol. The van der Waals surface area contributed by atoms with Gasteiger partial charge in [0.25, 0.3) is 0 Å². The summed E-state index contributed by atoms with van der Waals surface area (Å²) >= 11 is 0. The lowest BCUT2D eigenvalue weighted by molar-refractivity contribution is -0.127. The number of carbonyl (C=O) groups excluding carboxylic acids is 1. The number of amides is 1. The minimum atomic E-state index is -3.20. The third kappa shape index (κ3) is 4.42. The number of rotatable bonds is 8. The van der Waals surface area contributed by atoms with Crippen molar-refractivity contribution >= 4 is 15.9 Å². The van der Waals surface area contributed by atoms with E-state index in [1.165, 1.54) is 16.3 Å². The van der Waals surface area contributed by atoms with Crippen LogP contribution in [0.4, 0.5) is 0 Å². The van der Waals surface area contributed by atoms with Gasteiger partial charge in [0.05, 0.1) is 11.3 Å². The zero-order valence-electron chi connectivity index (χ0n) is 18.0. The van der Waals surface area contributed by atoms with Crippen LogP contribution in [0.3, 0.4) is 0 Å². The number of likely N-dealkylation sites (tertiary alicyclic amines) is 1. The summed E-state index contributed by atoms with van der Waals surface area (Å²) in [5.41, 5.74) is 1.06. The van der Waals surface area contributed by atoms with Gasteiger partial charge >= 0.3 is 0 Å². The van der Waals surface area contributed by atoms with E-state index in [-0.39, 0.29) is 17.2 Å². The first-order chi connectivity index (χ1) is 14.4. The van der Waals surface area contributed by atoms with Crippen LogP contribution >= 0.6 is 0 Å². The highest BCUT2D eigenvalue weighted by Gasteiger charge is 2.53. The summed E-state index contributed by atoms with van der Waals surface area (Å²) in [6.45, 7) is 4.32. The molecule has 3 aliphatic rings. The lowest BCUT2D eigenvalue weighted by atomic mass is 9.84. The number of piperidine rings is 1. The summed E-state index contributed by atoms with van der Waals surface area (Å²) in [6.07, 6.45) is 3.63. The molecule has 30 heavy (non-hydrogen) atoms. The van der Waals surface area contributed by atoms with Gasteiger partial charge in [-0.3, -0.25) is 9.69 Å². The molecule has 2 saturated heterocycles. The molecular formula is C22H34N4O3S. The van der Waals surface area contributed by atoms with Gasteiger partial charge in [-0.05, 0) is 31.7 Å². The van der Waals surface area contributed by atoms with Gasteiger partial charge in [0.2, 0.25) is 15.9 Å². The number of hydrogen-bond acceptors (Lipinski definition) is 5. The molecule has 4 rings (SSSR count). The first-order valence-electron chi connectivity index (χ1n) is 11.1. The predicted octanol–water partition coefficient (Wildman–Crippen LogP) is 1.14. The van der Waals surface area contributed by atoms with Crippen LogP contribution in [0.1, 0.15) is 44.1 Å². The average molecular weight is 435 g/mol. The second-order valence-electron chi connectivity index (χ2n) is 9.03. The van der Waals surface area contributed by atoms with Crippen molar-refractivity contribution in [1.82, 2.24) is 19.8 Å². The van der Waals surface area contributed by atoms with Gasteiger partial charge in [0.15, 0.2) is 0 Å². The first kappa shape index (κ1) is 21.7. The number of hydrogen-bond donors (Lipinski definition) is 2. The normalized spacial score (nSPS) is 27.4. The van der Waals surface area contributed by atoms with E-state index in [1.54, 1.807) is 14.0 Å². The van der Waals surface area contributed by atoms with Crippen LogP contribution < -0.4 is 10.6 Å². The zero-order valence-corrected chi connectivity index (χ0v) is 18.8. The SMILES string of the molecule is CCS(=O)(=O)N1CC(CC(=O)NC)(N2CCC(N[C@@H]3CC3c3ccccc3)CC2)C1. The van der Waals surface area contributed by atoms with Crippen molar-refractivity contribution in [2.24, 2.45) is 0 Å². The maximum Gasteiger partial charge on any atom is 0.221 e. The number of nitrogens with one attached hydrogen (secondary N) is 2. The Morgan fingerprint density at radius 2 is 1.83 bits per heavy atom. The molecule has 1 aliphatic carbocycles. The number of benzene rings is 1. The molecule has 1 aromatic rings. The Balaban J connectivity index is 1.32. The Morgan fingerprint density at radius 1 is 1.17 bits per heavy atom. The third-order valence-electron chi connectivity index (χ3n) is 7.10. The third-order valence-corrected chi connectivity index (χ3v) is 8.88. The van der Waals surface area contributed by atoms with Gasteiger partial charge in [0.1, 0.15) is 0 Å². The van der Waals surface area contributed by atoms with Crippen LogP contribution in [0.15, 0.2) is 30.3 Å². The molecule has 1 amide bonds. The summed E-state index contributed by atoms with van der Waals surface area (Å²) < 4.78 is 26.0. The van der Waals surface area contributed by atoms with Crippen LogP contribution in [-0.4, -0.2) is 80.1 Å². The lowest BCUT2D eigenvalue weighted by Crippen LogP contribution is -2.73. The van der Waals surface area contributed by atoms with Crippen molar-refractivity contribution in [3.05, 3.63) is 35.9 Å². The molecule has 3 fully saturated rings. The summed E-state index contributed by atoms with van der Waals surface area (Å²) in [5.74, 6) is 0.717. The monoisotopic (exact) mass is 434 g/mol. The first-order valence-corrected chi connectivity index (χ1v) is 12.7. The maximum atomic E-state index is 12.2. The van der Waals surface area contributed by atoms with E-state index in [1.807, 2.05) is 0 Å². The molecule has 2 atom stereocenters. The second-order valence-corrected chi connectivity index (χ2v) is 11.3. The van der Waals surface area contributed by atoms with E-state index < -0.39 is 10.0 Å². The number of carbonyl (C=O) groups is 1. The van der Waals surface area contributed by atoms with Crippen molar-refractivity contribution in [1.29, 1.82) is 0 Å². The van der Waals surface area contributed by atoms with E-state index in [9.17, 15) is 13.2 Å². The molecule has 7 nitrogen and oxygen atoms in total. The fraction of sp³-hybridized carbons (Fsp3) is 0.682. The van der Waals surface area contributed by atoms with E-state index in [0.29, 0.717) is 37.5 Å². The van der Waals surface area contributed by atoms with Crippen LogP contribution in [0.5, 0.6) is 0 Å². The van der Waals surface area contributed by atoms with Crippen LogP contribution in [0, 0.1) is 0 Å². The molecule has 0 aromatic heterocycles. The number of sulfonamides is 1. The molecule has 1 saturated carbocycles. The molecule has 0 bridgehead atoms. The van der Waals surface area contributed by atoms with Gasteiger partial charge in [-0.2, -0.15) is 4.31 Å². The number of nitrogens with zero attached hydrogens (tertiary/aromatic N) is 2. The van der Waals surface area contributed by atoms with Gasteiger partial charge < -0.3 is 10.6 Å². The molecule has 2 aliphatic heterocycles. The molecule has 0 spiro atoms. The largest absolute Gasteiger partial charge is 0.359 e. The highest BCUT2D eigenvalue weighted by atomic mass is 32.2. The van der Waals surface area contributed by atoms with Gasteiger partial charge in [-0.15, -0.1) is 0 Å². The maximum absolute atomic E-state index is 12.2. The molecule has 1 unspecified atom stereocenters. The van der Waals surface area contributed by atoms with E-state index in [0.717, 1.165) is 25.9 Å². The van der Waals surface area contributed by atoms with Crippen molar-refractivity contribution in [3.63, 3.8) is 0 Å². The minimum absolute atomic E-state index is 0.0209. The minimum Gasteiger partial charge on any atom is -0.359 e. The Morgan fingerprint density at radius 3 is 2.43 bits per heavy atom. The van der Waals surface area contributed by atoms with Crippen molar-refractivity contribution in [2.75, 3.05) is 39.0 Å². The van der Waals surface area contributed by atoms with E-state index in [2.05, 4.69) is 45.9 Å². The van der Waals surface area contributed by atoms with Gasteiger partial charge in [-0.25, -0.2) is 8.42 Å². The molecule has 8 heteroatoms. The average Bonchev–Trinajstić information content (AvgIpc) is 3.50. The highest BCUT2D eigenvalue weighted by Crippen LogP contribution is 2.42. The quantitative estimate of drug-likeness (QED) is 0.641. The Kier molecular flexibility index (Phi) is 6.21. The Labute approximate surface area is 180 Å². The molecule has 0 radical (unpaired) electrons. The summed E-state index contributed by atoms with van der Waals surface area (Å²) in [6, 6.07) is 11.8. The Hall–Kier alpha value is -1.48. The fourth-order valence-corrected chi connectivity index (χ4v) is 6.31. The summed E-state index contributed by atoms with van der Waals surface area (Å²) in [5, 5.41) is 6.54. The smallest absolute Gasteiger partial charge is 0.221 e. The van der Waals surface area contributed by atoms with Crippen molar-refractivity contribution < 1.29 is 13.2 Å². The summed E-state index contributed by atoms with van der Waals surface area (Å²) in [7, 11) is -1.56. The lowest BCUT2D eigenvalue weighted by Gasteiger charge is -2.56. The Bertz CT molecular complexity index is 846. The van der Waals surface area contributed by atoms with E-state index >= 15 is 0 Å². The molecule has 1 aromatic carbocycles. The highest BCUT2D eigenvalue weighted by molar-refractivity contribution is 7.89. The van der Waals surface area contributed by atoms with Crippen LogP contribution in [0.2, 0.25) is 0 Å². The standard InChI is InChI=1S/C22H34N4O3S/c1-3-30(28,29)26-15-22(16-26,14-21(27)23-2)25-11-9-18(10-12-25)24-20-13-19(20)17-7-5-4-6-8-17/h4-8,18-20,24H,3,9-16H2,1-2H3,(H,23,27)/t19?,20-/m1/s1. The second kappa shape index (κ2) is 8.57. The molecule has 166 valence electrons. The zero-order chi connectivity index (χ0) is 21.4. The van der Waals surface area contributed by atoms with Crippen molar-refractivity contribution in [3.8, 4) is 0 Å². The summed E-state index contributed by atoms with van der Waals surface area (Å²) in [4.78, 5) is 14.5. The molecule has 2 N–H and O–H groups in total. The van der Waals surface area contributed by atoms with Crippen molar-refractivity contribution in [2.45, 2.75) is 56.1 Å².